The molecule has 1 aromatic rings. The van der Waals surface area contributed by atoms with E-state index in [0.29, 0.717) is 31.5 Å². The molecular weight excluding hydrogens is 316 g/mol. The number of aryl methyl sites for hydroxylation is 1. The molecule has 2 fully saturated rings. The van der Waals surface area contributed by atoms with Crippen LogP contribution in [-0.4, -0.2) is 45.4 Å². The van der Waals surface area contributed by atoms with Gasteiger partial charge in [0.15, 0.2) is 0 Å². The molecule has 1 atom stereocenters. The molecule has 2 aliphatic rings. The number of imidazole rings is 1. The van der Waals surface area contributed by atoms with Crippen molar-refractivity contribution in [1.82, 2.24) is 19.8 Å². The average Bonchev–Trinajstić information content (AvgIpc) is 3.31. The van der Waals surface area contributed by atoms with Crippen molar-refractivity contribution in [3.8, 4) is 0 Å². The molecule has 0 bridgehead atoms. The number of carbonyl (C=O) groups is 2. The highest BCUT2D eigenvalue weighted by Crippen LogP contribution is 2.29. The van der Waals surface area contributed by atoms with Crippen molar-refractivity contribution in [3.05, 3.63) is 18.2 Å². The molecule has 1 saturated heterocycles. The molecule has 3 rings (SSSR count). The number of rotatable bonds is 7. The van der Waals surface area contributed by atoms with E-state index in [1.807, 2.05) is 17.3 Å². The average molecular weight is 346 g/mol. The molecule has 0 aromatic carbocycles. The fraction of sp³-hybridized carbons (Fsp3) is 0.737. The molecule has 138 valence electrons. The van der Waals surface area contributed by atoms with E-state index < -0.39 is 0 Å². The number of amides is 2. The Balaban J connectivity index is 1.41. The minimum absolute atomic E-state index is 0.0311. The van der Waals surface area contributed by atoms with Crippen LogP contribution in [0.25, 0.3) is 0 Å². The van der Waals surface area contributed by atoms with Crippen molar-refractivity contribution in [1.29, 1.82) is 0 Å². The van der Waals surface area contributed by atoms with Gasteiger partial charge in [-0.2, -0.15) is 0 Å². The Morgan fingerprint density at radius 3 is 2.84 bits per heavy atom. The van der Waals surface area contributed by atoms with E-state index in [2.05, 4.69) is 28.7 Å². The van der Waals surface area contributed by atoms with Crippen molar-refractivity contribution in [2.75, 3.05) is 13.1 Å². The van der Waals surface area contributed by atoms with Crippen molar-refractivity contribution in [2.45, 2.75) is 70.9 Å². The van der Waals surface area contributed by atoms with Crippen molar-refractivity contribution >= 4 is 11.8 Å². The summed E-state index contributed by atoms with van der Waals surface area (Å²) in [5.41, 5.74) is 0. The van der Waals surface area contributed by atoms with Crippen molar-refractivity contribution < 1.29 is 9.59 Å². The Labute approximate surface area is 150 Å². The topological polar surface area (TPSA) is 67.2 Å². The van der Waals surface area contributed by atoms with Gasteiger partial charge in [-0.25, -0.2) is 4.98 Å². The fourth-order valence-electron chi connectivity index (χ4n) is 4.09. The zero-order chi connectivity index (χ0) is 17.8. The third-order valence-electron chi connectivity index (χ3n) is 5.43. The molecule has 2 amide bonds. The molecule has 2 heterocycles. The second kappa shape index (κ2) is 8.02. The molecule has 1 aromatic heterocycles. The highest BCUT2D eigenvalue weighted by Gasteiger charge is 2.38. The van der Waals surface area contributed by atoms with Crippen LogP contribution in [-0.2, 0) is 16.1 Å². The molecule has 1 N–H and O–H groups in total. The van der Waals surface area contributed by atoms with Crippen LogP contribution in [0.2, 0.25) is 0 Å². The van der Waals surface area contributed by atoms with Gasteiger partial charge in [0.1, 0.15) is 5.82 Å². The van der Waals surface area contributed by atoms with E-state index in [0.717, 1.165) is 31.6 Å². The summed E-state index contributed by atoms with van der Waals surface area (Å²) >= 11 is 0. The molecule has 0 radical (unpaired) electrons. The number of likely N-dealkylation sites (tertiary alicyclic amines) is 1. The predicted molar refractivity (Wildman–Crippen MR) is 96.0 cm³/mol. The summed E-state index contributed by atoms with van der Waals surface area (Å²) in [6.07, 6.45) is 9.68. The summed E-state index contributed by atoms with van der Waals surface area (Å²) in [6, 6.07) is 0.376. The van der Waals surface area contributed by atoms with Gasteiger partial charge in [-0.3, -0.25) is 9.59 Å². The number of aromatic nitrogens is 2. The lowest BCUT2D eigenvalue weighted by molar-refractivity contribution is -0.130. The second-order valence-electron chi connectivity index (χ2n) is 7.66. The van der Waals surface area contributed by atoms with Gasteiger partial charge in [0.25, 0.3) is 0 Å². The van der Waals surface area contributed by atoms with Gasteiger partial charge in [0, 0.05) is 50.4 Å². The predicted octanol–water partition coefficient (Wildman–Crippen LogP) is 2.30. The maximum Gasteiger partial charge on any atom is 0.225 e. The maximum atomic E-state index is 12.4. The van der Waals surface area contributed by atoms with E-state index in [-0.39, 0.29) is 17.7 Å². The van der Waals surface area contributed by atoms with Crippen molar-refractivity contribution in [3.63, 3.8) is 0 Å². The lowest BCUT2D eigenvalue weighted by Crippen LogP contribution is -2.37. The lowest BCUT2D eigenvalue weighted by atomic mass is 10.1. The Bertz CT molecular complexity index is 604. The summed E-state index contributed by atoms with van der Waals surface area (Å²) in [4.78, 5) is 30.9. The molecule has 0 unspecified atom stereocenters. The molecule has 0 spiro atoms. The number of hydrogen-bond acceptors (Lipinski definition) is 3. The minimum Gasteiger partial charge on any atom is -0.356 e. The zero-order valence-electron chi connectivity index (χ0n) is 15.4. The van der Waals surface area contributed by atoms with Gasteiger partial charge in [-0.05, 0) is 19.3 Å². The van der Waals surface area contributed by atoms with Gasteiger partial charge in [-0.1, -0.05) is 26.7 Å². The van der Waals surface area contributed by atoms with Crippen LogP contribution in [0.4, 0.5) is 0 Å². The number of carbonyl (C=O) groups excluding carboxylic acids is 2. The second-order valence-corrected chi connectivity index (χ2v) is 7.66. The number of nitrogens with zero attached hydrogens (tertiary/aromatic N) is 3. The highest BCUT2D eigenvalue weighted by atomic mass is 16.2. The number of nitrogens with one attached hydrogen (secondary N) is 1. The van der Waals surface area contributed by atoms with E-state index in [9.17, 15) is 9.59 Å². The van der Waals surface area contributed by atoms with Crippen LogP contribution in [0, 0.1) is 5.92 Å². The lowest BCUT2D eigenvalue weighted by Gasteiger charge is -2.23. The van der Waals surface area contributed by atoms with Gasteiger partial charge in [0.2, 0.25) is 11.8 Å². The molecule has 1 aliphatic carbocycles. The Kier molecular flexibility index (Phi) is 5.76. The summed E-state index contributed by atoms with van der Waals surface area (Å²) in [7, 11) is 0. The van der Waals surface area contributed by atoms with E-state index >= 15 is 0 Å². The van der Waals surface area contributed by atoms with Crippen LogP contribution in [0.15, 0.2) is 12.4 Å². The first-order valence-electron chi connectivity index (χ1n) is 9.64. The van der Waals surface area contributed by atoms with Gasteiger partial charge in [0.05, 0.1) is 5.92 Å². The van der Waals surface area contributed by atoms with E-state index in [4.69, 9.17) is 0 Å². The Morgan fingerprint density at radius 1 is 1.36 bits per heavy atom. The third-order valence-corrected chi connectivity index (χ3v) is 5.43. The van der Waals surface area contributed by atoms with Gasteiger partial charge in [-0.15, -0.1) is 0 Å². The quantitative estimate of drug-likeness (QED) is 0.771. The van der Waals surface area contributed by atoms with Crippen LogP contribution in [0.5, 0.6) is 0 Å². The van der Waals surface area contributed by atoms with Crippen molar-refractivity contribution in [2.24, 2.45) is 5.92 Å². The standard InChI is InChI=1S/C19H30N4O2/c1-14(2)18-20-9-11-22(18)10-5-8-21-19(25)15-12-17(24)23(13-15)16-6-3-4-7-16/h9,11,14-16H,3-8,10,12-13H2,1-2H3,(H,21,25)/t15-/m0/s1. The Hall–Kier alpha value is -1.85. The minimum atomic E-state index is -0.174. The first-order valence-corrected chi connectivity index (χ1v) is 9.64. The monoisotopic (exact) mass is 346 g/mol. The molecule has 6 heteroatoms. The largest absolute Gasteiger partial charge is 0.356 e. The van der Waals surface area contributed by atoms with Crippen LogP contribution < -0.4 is 5.32 Å². The molecule has 1 aliphatic heterocycles. The maximum absolute atomic E-state index is 12.4. The van der Waals surface area contributed by atoms with Gasteiger partial charge < -0.3 is 14.8 Å². The summed E-state index contributed by atoms with van der Waals surface area (Å²) < 4.78 is 2.15. The number of hydrogen-bond donors (Lipinski definition) is 1. The highest BCUT2D eigenvalue weighted by molar-refractivity contribution is 5.89. The van der Waals surface area contributed by atoms with E-state index in [1.54, 1.807) is 0 Å². The van der Waals surface area contributed by atoms with Gasteiger partial charge >= 0.3 is 0 Å². The smallest absolute Gasteiger partial charge is 0.225 e. The third kappa shape index (κ3) is 4.22. The normalized spacial score (nSPS) is 21.5. The molecular formula is C19H30N4O2. The molecule has 25 heavy (non-hydrogen) atoms. The molecule has 1 saturated carbocycles. The fourth-order valence-corrected chi connectivity index (χ4v) is 4.09. The molecule has 6 nitrogen and oxygen atoms in total. The summed E-state index contributed by atoms with van der Waals surface area (Å²) in [5.74, 6) is 1.50. The zero-order valence-corrected chi connectivity index (χ0v) is 15.4. The summed E-state index contributed by atoms with van der Waals surface area (Å²) in [6.45, 7) is 6.37. The van der Waals surface area contributed by atoms with E-state index in [1.165, 1.54) is 12.8 Å². The SMILES string of the molecule is CC(C)c1nccn1CCCNC(=O)[C@H]1CC(=O)N(C2CCCC2)C1. The first kappa shape index (κ1) is 18.0. The summed E-state index contributed by atoms with van der Waals surface area (Å²) in [5, 5.41) is 3.02. The van der Waals surface area contributed by atoms with Crippen LogP contribution >= 0.6 is 0 Å². The Morgan fingerprint density at radius 2 is 2.12 bits per heavy atom. The van der Waals surface area contributed by atoms with Crippen LogP contribution in [0.3, 0.4) is 0 Å². The first-order chi connectivity index (χ1) is 12.1. The van der Waals surface area contributed by atoms with Crippen LogP contribution in [0.1, 0.15) is 64.1 Å².